The van der Waals surface area contributed by atoms with Gasteiger partial charge in [-0.1, -0.05) is 22.0 Å². The van der Waals surface area contributed by atoms with E-state index >= 15 is 0 Å². The third kappa shape index (κ3) is 7.47. The largest absolute Gasteiger partial charge is 0.491 e. The summed E-state index contributed by atoms with van der Waals surface area (Å²) in [6.07, 6.45) is -0.666. The van der Waals surface area contributed by atoms with Gasteiger partial charge in [-0.25, -0.2) is 0 Å². The lowest BCUT2D eigenvalue weighted by atomic mass is 10.3. The maximum absolute atomic E-state index is 11.4. The van der Waals surface area contributed by atoms with Crippen LogP contribution in [0.5, 0.6) is 5.75 Å². The van der Waals surface area contributed by atoms with E-state index in [1.807, 2.05) is 38.1 Å². The molecule has 20 heavy (non-hydrogen) atoms. The molecule has 0 aliphatic carbocycles. The van der Waals surface area contributed by atoms with E-state index in [1.54, 1.807) is 0 Å². The van der Waals surface area contributed by atoms with Gasteiger partial charge in [0.2, 0.25) is 5.91 Å². The molecule has 0 aliphatic heterocycles. The Morgan fingerprint density at radius 3 is 2.85 bits per heavy atom. The van der Waals surface area contributed by atoms with Crippen LogP contribution in [0.25, 0.3) is 0 Å². The SMILES string of the molecule is CC(C)NC(=O)CNCC(O)COc1cccc(Br)c1. The molecule has 1 aromatic carbocycles. The molecule has 6 heteroatoms. The lowest BCUT2D eigenvalue weighted by Crippen LogP contribution is -2.41. The Kier molecular flexibility index (Phi) is 7.58. The fourth-order valence-corrected chi connectivity index (χ4v) is 1.91. The van der Waals surface area contributed by atoms with Gasteiger partial charge in [-0.15, -0.1) is 0 Å². The summed E-state index contributed by atoms with van der Waals surface area (Å²) in [6.45, 7) is 4.47. The highest BCUT2D eigenvalue weighted by atomic mass is 79.9. The zero-order valence-corrected chi connectivity index (χ0v) is 13.3. The minimum Gasteiger partial charge on any atom is -0.491 e. The summed E-state index contributed by atoms with van der Waals surface area (Å²) in [4.78, 5) is 11.4. The van der Waals surface area contributed by atoms with Crippen molar-refractivity contribution >= 4 is 21.8 Å². The summed E-state index contributed by atoms with van der Waals surface area (Å²) in [5.41, 5.74) is 0. The van der Waals surface area contributed by atoms with E-state index in [9.17, 15) is 9.90 Å². The number of benzene rings is 1. The van der Waals surface area contributed by atoms with Gasteiger partial charge in [0.15, 0.2) is 0 Å². The standard InChI is InChI=1S/C14H21BrN2O3/c1-10(2)17-14(19)8-16-7-12(18)9-20-13-5-3-4-11(15)6-13/h3-6,10,12,16,18H,7-9H2,1-2H3,(H,17,19). The second kappa shape index (κ2) is 8.94. The Morgan fingerprint density at radius 1 is 1.45 bits per heavy atom. The van der Waals surface area contributed by atoms with Gasteiger partial charge >= 0.3 is 0 Å². The first-order valence-electron chi connectivity index (χ1n) is 6.54. The molecule has 112 valence electrons. The Bertz CT molecular complexity index is 427. The molecule has 0 bridgehead atoms. The van der Waals surface area contributed by atoms with E-state index in [4.69, 9.17) is 4.74 Å². The van der Waals surface area contributed by atoms with Crippen molar-refractivity contribution in [2.24, 2.45) is 0 Å². The molecule has 1 unspecified atom stereocenters. The summed E-state index contributed by atoms with van der Waals surface area (Å²) >= 11 is 3.35. The van der Waals surface area contributed by atoms with Gasteiger partial charge in [0, 0.05) is 17.1 Å². The molecule has 1 rings (SSSR count). The molecule has 0 spiro atoms. The van der Waals surface area contributed by atoms with Crippen LogP contribution in [-0.2, 0) is 4.79 Å². The van der Waals surface area contributed by atoms with Gasteiger partial charge in [-0.2, -0.15) is 0 Å². The Balaban J connectivity index is 2.17. The molecular weight excluding hydrogens is 324 g/mol. The summed E-state index contributed by atoms with van der Waals surface area (Å²) < 4.78 is 6.37. The molecule has 3 N–H and O–H groups in total. The fourth-order valence-electron chi connectivity index (χ4n) is 1.53. The van der Waals surface area contributed by atoms with Crippen molar-refractivity contribution in [3.8, 4) is 5.75 Å². The van der Waals surface area contributed by atoms with Gasteiger partial charge < -0.3 is 20.5 Å². The van der Waals surface area contributed by atoms with Gasteiger partial charge in [0.05, 0.1) is 6.54 Å². The summed E-state index contributed by atoms with van der Waals surface area (Å²) in [7, 11) is 0. The van der Waals surface area contributed by atoms with Crippen LogP contribution in [0.2, 0.25) is 0 Å². The topological polar surface area (TPSA) is 70.6 Å². The number of carbonyl (C=O) groups is 1. The maximum Gasteiger partial charge on any atom is 0.234 e. The molecular formula is C14H21BrN2O3. The van der Waals surface area contributed by atoms with Crippen molar-refractivity contribution < 1.29 is 14.6 Å². The number of halogens is 1. The van der Waals surface area contributed by atoms with E-state index in [1.165, 1.54) is 0 Å². The average molecular weight is 345 g/mol. The number of amides is 1. The molecule has 0 saturated carbocycles. The third-order valence-corrected chi connectivity index (χ3v) is 2.85. The number of rotatable bonds is 8. The van der Waals surface area contributed by atoms with Gasteiger partial charge in [-0.3, -0.25) is 4.79 Å². The Hall–Kier alpha value is -1.11. The van der Waals surface area contributed by atoms with Crippen molar-refractivity contribution in [3.63, 3.8) is 0 Å². The molecule has 1 amide bonds. The monoisotopic (exact) mass is 344 g/mol. The number of nitrogens with one attached hydrogen (secondary N) is 2. The number of aliphatic hydroxyl groups excluding tert-OH is 1. The lowest BCUT2D eigenvalue weighted by Gasteiger charge is -2.14. The zero-order chi connectivity index (χ0) is 15.0. The van der Waals surface area contributed by atoms with Crippen molar-refractivity contribution in [1.82, 2.24) is 10.6 Å². The minimum atomic E-state index is -0.666. The van der Waals surface area contributed by atoms with E-state index in [2.05, 4.69) is 26.6 Å². The minimum absolute atomic E-state index is 0.0832. The first kappa shape index (κ1) is 16.9. The predicted octanol–water partition coefficient (Wildman–Crippen LogP) is 1.30. The summed E-state index contributed by atoms with van der Waals surface area (Å²) in [6, 6.07) is 7.53. The van der Waals surface area contributed by atoms with Crippen LogP contribution in [0.15, 0.2) is 28.7 Å². The Labute approximate surface area is 127 Å². The summed E-state index contributed by atoms with van der Waals surface area (Å²) in [5.74, 6) is 0.607. The average Bonchev–Trinajstić information content (AvgIpc) is 2.35. The highest BCUT2D eigenvalue weighted by Gasteiger charge is 2.07. The van der Waals surface area contributed by atoms with Crippen molar-refractivity contribution in [3.05, 3.63) is 28.7 Å². The molecule has 0 aromatic heterocycles. The number of hydrogen-bond donors (Lipinski definition) is 3. The van der Waals surface area contributed by atoms with Gasteiger partial charge in [-0.05, 0) is 32.0 Å². The number of aliphatic hydroxyl groups is 1. The zero-order valence-electron chi connectivity index (χ0n) is 11.7. The molecule has 0 radical (unpaired) electrons. The van der Waals surface area contributed by atoms with Crippen LogP contribution >= 0.6 is 15.9 Å². The fraction of sp³-hybridized carbons (Fsp3) is 0.500. The van der Waals surface area contributed by atoms with Crippen LogP contribution < -0.4 is 15.4 Å². The van der Waals surface area contributed by atoms with E-state index < -0.39 is 6.10 Å². The van der Waals surface area contributed by atoms with Crippen LogP contribution in [0.4, 0.5) is 0 Å². The first-order valence-corrected chi connectivity index (χ1v) is 7.33. The molecule has 0 aliphatic rings. The number of hydrogen-bond acceptors (Lipinski definition) is 4. The van der Waals surface area contributed by atoms with Crippen molar-refractivity contribution in [1.29, 1.82) is 0 Å². The second-order valence-corrected chi connectivity index (χ2v) is 5.69. The van der Waals surface area contributed by atoms with Crippen LogP contribution in [-0.4, -0.2) is 42.9 Å². The van der Waals surface area contributed by atoms with Crippen LogP contribution in [0.1, 0.15) is 13.8 Å². The van der Waals surface area contributed by atoms with Crippen molar-refractivity contribution in [2.45, 2.75) is 26.0 Å². The van der Waals surface area contributed by atoms with Crippen LogP contribution in [0, 0.1) is 0 Å². The third-order valence-electron chi connectivity index (χ3n) is 2.35. The van der Waals surface area contributed by atoms with Gasteiger partial charge in [0.25, 0.3) is 0 Å². The van der Waals surface area contributed by atoms with Crippen LogP contribution in [0.3, 0.4) is 0 Å². The normalized spacial score (nSPS) is 12.2. The Morgan fingerprint density at radius 2 is 2.20 bits per heavy atom. The highest BCUT2D eigenvalue weighted by molar-refractivity contribution is 9.10. The van der Waals surface area contributed by atoms with E-state index in [-0.39, 0.29) is 25.1 Å². The maximum atomic E-state index is 11.4. The molecule has 0 saturated heterocycles. The first-order chi connectivity index (χ1) is 9.47. The predicted molar refractivity (Wildman–Crippen MR) is 81.8 cm³/mol. The summed E-state index contributed by atoms with van der Waals surface area (Å²) in [5, 5.41) is 15.4. The smallest absolute Gasteiger partial charge is 0.234 e. The second-order valence-electron chi connectivity index (χ2n) is 4.78. The van der Waals surface area contributed by atoms with E-state index in [0.717, 1.165) is 4.47 Å². The van der Waals surface area contributed by atoms with Crippen molar-refractivity contribution in [2.75, 3.05) is 19.7 Å². The number of carbonyl (C=O) groups excluding carboxylic acids is 1. The molecule has 5 nitrogen and oxygen atoms in total. The van der Waals surface area contributed by atoms with E-state index in [0.29, 0.717) is 12.3 Å². The number of ether oxygens (including phenoxy) is 1. The highest BCUT2D eigenvalue weighted by Crippen LogP contribution is 2.17. The molecule has 0 fully saturated rings. The molecule has 0 heterocycles. The molecule has 1 aromatic rings. The lowest BCUT2D eigenvalue weighted by molar-refractivity contribution is -0.120. The molecule has 1 atom stereocenters. The quantitative estimate of drug-likeness (QED) is 0.664. The van der Waals surface area contributed by atoms with Gasteiger partial charge in [0.1, 0.15) is 18.5 Å².